The molecular weight excluding hydrogens is 433 g/mol. The van der Waals surface area contributed by atoms with Crippen LogP contribution in [0.4, 0.5) is 19.0 Å². The number of hydrogen-bond acceptors (Lipinski definition) is 6. The lowest BCUT2D eigenvalue weighted by Crippen LogP contribution is -2.34. The van der Waals surface area contributed by atoms with Crippen LogP contribution in [0.2, 0.25) is 0 Å². The zero-order valence-corrected chi connectivity index (χ0v) is 17.8. The number of rotatable bonds is 8. The summed E-state index contributed by atoms with van der Waals surface area (Å²) in [5.41, 5.74) is 0.904. The van der Waals surface area contributed by atoms with Crippen molar-refractivity contribution in [3.8, 4) is 17.0 Å². The Balaban J connectivity index is 1.52. The van der Waals surface area contributed by atoms with Crippen LogP contribution in [0, 0.1) is 5.92 Å². The largest absolute Gasteiger partial charge is 0.573 e. The first kappa shape index (κ1) is 23.3. The van der Waals surface area contributed by atoms with Crippen molar-refractivity contribution in [2.75, 3.05) is 17.6 Å². The lowest BCUT2D eigenvalue weighted by atomic mass is 9.86. The van der Waals surface area contributed by atoms with E-state index in [0.29, 0.717) is 29.5 Å². The van der Waals surface area contributed by atoms with Crippen LogP contribution in [0.1, 0.15) is 32.6 Å². The Bertz CT molecular complexity index is 960. The molecule has 3 rings (SSSR count). The first-order valence-corrected chi connectivity index (χ1v) is 11.7. The van der Waals surface area contributed by atoms with E-state index >= 15 is 0 Å². The smallest absolute Gasteiger partial charge is 0.406 e. The average molecular weight is 459 g/mol. The van der Waals surface area contributed by atoms with Crippen molar-refractivity contribution in [2.24, 2.45) is 5.92 Å². The van der Waals surface area contributed by atoms with E-state index in [1.165, 1.54) is 18.2 Å². The summed E-state index contributed by atoms with van der Waals surface area (Å²) in [7, 11) is -3.17. The van der Waals surface area contributed by atoms with Crippen molar-refractivity contribution in [1.29, 1.82) is 0 Å². The summed E-state index contributed by atoms with van der Waals surface area (Å²) >= 11 is 0. The molecule has 170 valence electrons. The minimum atomic E-state index is -4.75. The molecule has 2 N–H and O–H groups in total. The Hall–Kier alpha value is -2.40. The fourth-order valence-electron chi connectivity index (χ4n) is 3.48. The van der Waals surface area contributed by atoms with Gasteiger partial charge in [0.05, 0.1) is 11.4 Å². The molecule has 11 heteroatoms. The van der Waals surface area contributed by atoms with Crippen molar-refractivity contribution in [3.63, 3.8) is 0 Å². The molecule has 0 aliphatic heterocycles. The number of hydrogen-bond donors (Lipinski definition) is 2. The van der Waals surface area contributed by atoms with Gasteiger partial charge in [0.2, 0.25) is 10.0 Å². The van der Waals surface area contributed by atoms with Crippen LogP contribution in [0.15, 0.2) is 36.4 Å². The number of halogens is 3. The monoisotopic (exact) mass is 458 g/mol. The highest BCUT2D eigenvalue weighted by Gasteiger charge is 2.31. The molecule has 1 saturated carbocycles. The van der Waals surface area contributed by atoms with E-state index in [9.17, 15) is 21.6 Å². The first-order valence-electron chi connectivity index (χ1n) is 10.1. The molecule has 1 heterocycles. The fraction of sp³-hybridized carbons (Fsp3) is 0.500. The lowest BCUT2D eigenvalue weighted by molar-refractivity contribution is -0.274. The minimum absolute atomic E-state index is 0.0816. The van der Waals surface area contributed by atoms with Crippen LogP contribution in [-0.2, 0) is 10.0 Å². The standard InChI is InChI=1S/C20H25F3N4O3S/c1-2-31(28,29)24-13-14-6-8-16(9-7-14)25-19-11-10-18(26-27-19)15-4-3-5-17(12-15)30-20(21,22)23/h3-5,10-12,14,16,24H,2,6-9,13H2,1H3,(H,25,27). The Morgan fingerprint density at radius 3 is 2.45 bits per heavy atom. The molecule has 0 saturated heterocycles. The van der Waals surface area contributed by atoms with Gasteiger partial charge in [0.15, 0.2) is 0 Å². The van der Waals surface area contributed by atoms with E-state index in [1.807, 2.05) is 0 Å². The predicted molar refractivity (Wildman–Crippen MR) is 111 cm³/mol. The van der Waals surface area contributed by atoms with E-state index < -0.39 is 16.4 Å². The molecule has 1 fully saturated rings. The quantitative estimate of drug-likeness (QED) is 0.622. The Labute approximate surface area is 179 Å². The Kier molecular flexibility index (Phi) is 7.37. The zero-order valence-electron chi connectivity index (χ0n) is 17.0. The number of ether oxygens (including phenoxy) is 1. The lowest BCUT2D eigenvalue weighted by Gasteiger charge is -2.29. The van der Waals surface area contributed by atoms with Gasteiger partial charge in [-0.05, 0) is 62.8 Å². The second-order valence-electron chi connectivity index (χ2n) is 7.49. The van der Waals surface area contributed by atoms with E-state index in [1.54, 1.807) is 25.1 Å². The van der Waals surface area contributed by atoms with Gasteiger partial charge in [-0.2, -0.15) is 0 Å². The highest BCUT2D eigenvalue weighted by molar-refractivity contribution is 7.89. The number of alkyl halides is 3. The number of nitrogens with one attached hydrogen (secondary N) is 2. The van der Waals surface area contributed by atoms with Gasteiger partial charge < -0.3 is 10.1 Å². The number of anilines is 1. The van der Waals surface area contributed by atoms with Crippen LogP contribution < -0.4 is 14.8 Å². The number of benzene rings is 1. The van der Waals surface area contributed by atoms with E-state index in [2.05, 4.69) is 25.0 Å². The molecule has 0 unspecified atom stereocenters. The molecule has 2 aromatic rings. The predicted octanol–water partition coefficient (Wildman–Crippen LogP) is 3.95. The number of nitrogens with zero attached hydrogens (tertiary/aromatic N) is 2. The summed E-state index contributed by atoms with van der Waals surface area (Å²) in [6.45, 7) is 2.08. The molecule has 0 amide bonds. The summed E-state index contributed by atoms with van der Waals surface area (Å²) in [6, 6.07) is 9.22. The summed E-state index contributed by atoms with van der Waals surface area (Å²) in [5.74, 6) is 0.672. The Morgan fingerprint density at radius 2 is 1.84 bits per heavy atom. The molecule has 31 heavy (non-hydrogen) atoms. The van der Waals surface area contributed by atoms with Crippen molar-refractivity contribution < 1.29 is 26.3 Å². The molecule has 0 radical (unpaired) electrons. The maximum Gasteiger partial charge on any atom is 0.573 e. The van der Waals surface area contributed by atoms with Crippen molar-refractivity contribution >= 4 is 15.8 Å². The second kappa shape index (κ2) is 9.82. The third-order valence-corrected chi connectivity index (χ3v) is 6.57. The van der Waals surface area contributed by atoms with E-state index in [-0.39, 0.29) is 17.5 Å². The van der Waals surface area contributed by atoms with Gasteiger partial charge in [0.1, 0.15) is 11.6 Å². The van der Waals surface area contributed by atoms with E-state index in [0.717, 1.165) is 25.7 Å². The molecule has 1 aromatic heterocycles. The summed E-state index contributed by atoms with van der Waals surface area (Å²) in [5, 5.41) is 11.6. The SMILES string of the molecule is CCS(=O)(=O)NCC1CCC(Nc2ccc(-c3cccc(OC(F)(F)F)c3)nn2)CC1. The third kappa shape index (κ3) is 7.35. The number of aromatic nitrogens is 2. The molecule has 1 aromatic carbocycles. The highest BCUT2D eigenvalue weighted by atomic mass is 32.2. The molecule has 7 nitrogen and oxygen atoms in total. The van der Waals surface area contributed by atoms with Gasteiger partial charge in [-0.3, -0.25) is 0 Å². The van der Waals surface area contributed by atoms with Crippen LogP contribution in [0.3, 0.4) is 0 Å². The summed E-state index contributed by atoms with van der Waals surface area (Å²) in [6.07, 6.45) is -1.17. The maximum atomic E-state index is 12.4. The van der Waals surface area contributed by atoms with Gasteiger partial charge in [-0.1, -0.05) is 12.1 Å². The fourth-order valence-corrected chi connectivity index (χ4v) is 4.18. The minimum Gasteiger partial charge on any atom is -0.406 e. The van der Waals surface area contributed by atoms with Gasteiger partial charge in [0.25, 0.3) is 0 Å². The van der Waals surface area contributed by atoms with Gasteiger partial charge in [0, 0.05) is 18.2 Å². The van der Waals surface area contributed by atoms with Crippen LogP contribution in [0.5, 0.6) is 5.75 Å². The second-order valence-corrected chi connectivity index (χ2v) is 9.59. The van der Waals surface area contributed by atoms with Crippen molar-refractivity contribution in [2.45, 2.75) is 45.0 Å². The van der Waals surface area contributed by atoms with Gasteiger partial charge in [-0.15, -0.1) is 23.4 Å². The maximum absolute atomic E-state index is 12.4. The molecule has 0 spiro atoms. The zero-order chi connectivity index (χ0) is 22.5. The normalized spacial score (nSPS) is 19.7. The molecule has 1 aliphatic carbocycles. The third-order valence-electron chi connectivity index (χ3n) is 5.20. The van der Waals surface area contributed by atoms with Crippen molar-refractivity contribution in [1.82, 2.24) is 14.9 Å². The van der Waals surface area contributed by atoms with E-state index in [4.69, 9.17) is 0 Å². The topological polar surface area (TPSA) is 93.2 Å². The summed E-state index contributed by atoms with van der Waals surface area (Å²) in [4.78, 5) is 0. The van der Waals surface area contributed by atoms with Crippen LogP contribution >= 0.6 is 0 Å². The Morgan fingerprint density at radius 1 is 1.10 bits per heavy atom. The molecule has 1 aliphatic rings. The van der Waals surface area contributed by atoms with Crippen LogP contribution in [-0.4, -0.2) is 43.3 Å². The molecule has 0 atom stereocenters. The average Bonchev–Trinajstić information content (AvgIpc) is 2.73. The highest BCUT2D eigenvalue weighted by Crippen LogP contribution is 2.28. The number of sulfonamides is 1. The summed E-state index contributed by atoms with van der Waals surface area (Å²) < 4.78 is 66.9. The molecular formula is C20H25F3N4O3S. The van der Waals surface area contributed by atoms with Gasteiger partial charge in [-0.25, -0.2) is 13.1 Å². The van der Waals surface area contributed by atoms with Crippen LogP contribution in [0.25, 0.3) is 11.3 Å². The first-order chi connectivity index (χ1) is 14.6. The van der Waals surface area contributed by atoms with Crippen molar-refractivity contribution in [3.05, 3.63) is 36.4 Å². The molecule has 0 bridgehead atoms. The van der Waals surface area contributed by atoms with Gasteiger partial charge >= 0.3 is 6.36 Å².